The van der Waals surface area contributed by atoms with Crippen LogP contribution in [0.2, 0.25) is 0 Å². The average Bonchev–Trinajstić information content (AvgIpc) is 3.03. The molecule has 154 valence electrons. The normalized spacial score (nSPS) is 13.3. The maximum absolute atomic E-state index is 14.1. The predicted molar refractivity (Wildman–Crippen MR) is 92.6 cm³/mol. The van der Waals surface area contributed by atoms with E-state index in [1.54, 1.807) is 12.3 Å². The lowest BCUT2D eigenvalue weighted by Gasteiger charge is -2.30. The molecule has 3 aromatic rings. The fourth-order valence-electron chi connectivity index (χ4n) is 2.77. The molecule has 0 spiro atoms. The first-order valence-electron chi connectivity index (χ1n) is 8.32. The van der Waals surface area contributed by atoms with Crippen molar-refractivity contribution < 1.29 is 32.2 Å². The molecule has 29 heavy (non-hydrogen) atoms. The number of halogens is 4. The minimum absolute atomic E-state index is 0.0438. The highest BCUT2D eigenvalue weighted by Gasteiger charge is 2.34. The van der Waals surface area contributed by atoms with Crippen molar-refractivity contribution in [2.75, 3.05) is 0 Å². The number of alkyl halides is 3. The maximum Gasteiger partial charge on any atom is 0.573 e. The standard InChI is InChI=1S/C18H16F4N4O3/c1-17(2,28)14(10-4-5-13(12(19)8-10)29-18(20,21)22)25-16(27)11-9-24-26-7-3-6-23-15(11)26/h3-9,14,28H,1-2H3,(H,25,27)/t14-/m0/s1. The van der Waals surface area contributed by atoms with Gasteiger partial charge >= 0.3 is 6.36 Å². The van der Waals surface area contributed by atoms with Crippen molar-refractivity contribution in [3.8, 4) is 5.75 Å². The molecule has 1 aromatic carbocycles. The largest absolute Gasteiger partial charge is 0.573 e. The lowest BCUT2D eigenvalue weighted by Crippen LogP contribution is -2.42. The van der Waals surface area contributed by atoms with Gasteiger partial charge in [0.2, 0.25) is 0 Å². The number of hydrogen-bond donors (Lipinski definition) is 2. The van der Waals surface area contributed by atoms with Gasteiger partial charge in [-0.05, 0) is 37.6 Å². The zero-order valence-electron chi connectivity index (χ0n) is 15.2. The Balaban J connectivity index is 1.91. The Kier molecular flexibility index (Phi) is 5.18. The Hall–Kier alpha value is -3.21. The number of carbonyl (C=O) groups is 1. The summed E-state index contributed by atoms with van der Waals surface area (Å²) in [4.78, 5) is 16.8. The number of aromatic nitrogens is 3. The molecule has 11 heteroatoms. The van der Waals surface area contributed by atoms with Crippen molar-refractivity contribution in [2.45, 2.75) is 31.9 Å². The first-order chi connectivity index (χ1) is 13.5. The Morgan fingerprint density at radius 3 is 2.66 bits per heavy atom. The highest BCUT2D eigenvalue weighted by atomic mass is 19.4. The molecule has 0 radical (unpaired) electrons. The molecule has 7 nitrogen and oxygen atoms in total. The van der Waals surface area contributed by atoms with E-state index in [9.17, 15) is 27.5 Å². The Morgan fingerprint density at radius 2 is 2.03 bits per heavy atom. The van der Waals surface area contributed by atoms with E-state index in [4.69, 9.17) is 0 Å². The van der Waals surface area contributed by atoms with Gasteiger partial charge in [-0.1, -0.05) is 6.07 Å². The molecule has 2 aromatic heterocycles. The van der Waals surface area contributed by atoms with Gasteiger partial charge in [-0.3, -0.25) is 4.79 Å². The summed E-state index contributed by atoms with van der Waals surface area (Å²) in [6.45, 7) is 2.73. The van der Waals surface area contributed by atoms with Gasteiger partial charge in [0.05, 0.1) is 17.8 Å². The molecule has 0 saturated carbocycles. The van der Waals surface area contributed by atoms with Gasteiger partial charge in [0.1, 0.15) is 5.56 Å². The molecule has 2 N–H and O–H groups in total. The van der Waals surface area contributed by atoms with Crippen LogP contribution >= 0.6 is 0 Å². The van der Waals surface area contributed by atoms with E-state index in [2.05, 4.69) is 20.1 Å². The third kappa shape index (κ3) is 4.62. The summed E-state index contributed by atoms with van der Waals surface area (Å²) in [7, 11) is 0. The average molecular weight is 412 g/mol. The van der Waals surface area contributed by atoms with Crippen LogP contribution in [0.1, 0.15) is 35.8 Å². The van der Waals surface area contributed by atoms with Crippen LogP contribution in [-0.4, -0.2) is 37.6 Å². The van der Waals surface area contributed by atoms with E-state index in [0.29, 0.717) is 0 Å². The molecule has 0 aliphatic rings. The highest BCUT2D eigenvalue weighted by Crippen LogP contribution is 2.31. The number of nitrogens with one attached hydrogen (secondary N) is 1. The van der Waals surface area contributed by atoms with Gasteiger partial charge in [0.25, 0.3) is 5.91 Å². The molecule has 0 aliphatic carbocycles. The van der Waals surface area contributed by atoms with Gasteiger partial charge in [-0.15, -0.1) is 13.2 Å². The van der Waals surface area contributed by atoms with E-state index in [-0.39, 0.29) is 16.8 Å². The van der Waals surface area contributed by atoms with E-state index in [0.717, 1.165) is 18.2 Å². The lowest BCUT2D eigenvalue weighted by molar-refractivity contribution is -0.275. The van der Waals surface area contributed by atoms with E-state index in [1.807, 2.05) is 0 Å². The first kappa shape index (κ1) is 20.5. The molecule has 3 rings (SSSR count). The molecule has 1 atom stereocenters. The molecule has 0 unspecified atom stereocenters. The second kappa shape index (κ2) is 7.32. The monoisotopic (exact) mass is 412 g/mol. The summed E-state index contributed by atoms with van der Waals surface area (Å²) in [5.41, 5.74) is -1.16. The summed E-state index contributed by atoms with van der Waals surface area (Å²) in [5.74, 6) is -2.96. The van der Waals surface area contributed by atoms with Crippen LogP contribution in [0.4, 0.5) is 17.6 Å². The SMILES string of the molecule is CC(C)(O)[C@@H](NC(=O)c1cnn2cccnc12)c1ccc(OC(F)(F)F)c(F)c1. The number of ether oxygens (including phenoxy) is 1. The van der Waals surface area contributed by atoms with Gasteiger partial charge in [0.15, 0.2) is 17.2 Å². The molecule has 0 aliphatic heterocycles. The second-order valence-corrected chi connectivity index (χ2v) is 6.74. The summed E-state index contributed by atoms with van der Waals surface area (Å²) in [5, 5.41) is 17.0. The second-order valence-electron chi connectivity index (χ2n) is 6.74. The van der Waals surface area contributed by atoms with Crippen LogP contribution in [0.15, 0.2) is 42.9 Å². The summed E-state index contributed by atoms with van der Waals surface area (Å²) < 4.78 is 56.1. The van der Waals surface area contributed by atoms with Crippen molar-refractivity contribution in [1.82, 2.24) is 19.9 Å². The van der Waals surface area contributed by atoms with Gasteiger partial charge in [-0.2, -0.15) is 5.10 Å². The molecule has 1 amide bonds. The zero-order chi connectivity index (χ0) is 21.4. The summed E-state index contributed by atoms with van der Waals surface area (Å²) >= 11 is 0. The van der Waals surface area contributed by atoms with Crippen LogP contribution < -0.4 is 10.1 Å². The molecular weight excluding hydrogens is 396 g/mol. The maximum atomic E-state index is 14.1. The highest BCUT2D eigenvalue weighted by molar-refractivity contribution is 5.99. The van der Waals surface area contributed by atoms with Crippen molar-refractivity contribution in [2.24, 2.45) is 0 Å². The number of hydrogen-bond acceptors (Lipinski definition) is 5. The first-order valence-corrected chi connectivity index (χ1v) is 8.32. The molecule has 0 saturated heterocycles. The van der Waals surface area contributed by atoms with E-state index < -0.39 is 35.5 Å². The molecule has 0 fully saturated rings. The summed E-state index contributed by atoms with van der Waals surface area (Å²) in [6, 6.07) is 3.14. The number of benzene rings is 1. The fraction of sp³-hybridized carbons (Fsp3) is 0.278. The Morgan fingerprint density at radius 1 is 1.31 bits per heavy atom. The van der Waals surface area contributed by atoms with Gasteiger partial charge in [-0.25, -0.2) is 13.9 Å². The van der Waals surface area contributed by atoms with E-state index in [1.165, 1.54) is 30.8 Å². The predicted octanol–water partition coefficient (Wildman–Crippen LogP) is 3.01. The summed E-state index contributed by atoms with van der Waals surface area (Å²) in [6.07, 6.45) is -0.722. The minimum atomic E-state index is -5.05. The van der Waals surface area contributed by atoms with Crippen LogP contribution in [0, 0.1) is 5.82 Å². The van der Waals surface area contributed by atoms with Crippen molar-refractivity contribution in [1.29, 1.82) is 0 Å². The number of aliphatic hydroxyl groups is 1. The fourth-order valence-corrected chi connectivity index (χ4v) is 2.77. The number of rotatable bonds is 5. The van der Waals surface area contributed by atoms with Crippen LogP contribution in [0.3, 0.4) is 0 Å². The van der Waals surface area contributed by atoms with Crippen LogP contribution in [0.5, 0.6) is 5.75 Å². The molecule has 2 heterocycles. The minimum Gasteiger partial charge on any atom is -0.403 e. The number of carbonyl (C=O) groups excluding carboxylic acids is 1. The van der Waals surface area contributed by atoms with Crippen LogP contribution in [0.25, 0.3) is 5.65 Å². The van der Waals surface area contributed by atoms with Crippen LogP contribution in [-0.2, 0) is 0 Å². The van der Waals surface area contributed by atoms with E-state index >= 15 is 0 Å². The Bertz CT molecular complexity index is 1040. The smallest absolute Gasteiger partial charge is 0.403 e. The Labute approximate surface area is 161 Å². The third-order valence-corrected chi connectivity index (χ3v) is 4.02. The quantitative estimate of drug-likeness (QED) is 0.629. The molecular formula is C18H16F4N4O3. The van der Waals surface area contributed by atoms with Crippen molar-refractivity contribution >= 4 is 11.6 Å². The van der Waals surface area contributed by atoms with Crippen molar-refractivity contribution in [3.05, 3.63) is 59.8 Å². The van der Waals surface area contributed by atoms with Gasteiger partial charge in [0, 0.05) is 12.4 Å². The molecule has 0 bridgehead atoms. The third-order valence-electron chi connectivity index (χ3n) is 4.02. The zero-order valence-corrected chi connectivity index (χ0v) is 15.2. The number of fused-ring (bicyclic) bond motifs is 1. The number of amides is 1. The number of nitrogens with zero attached hydrogens (tertiary/aromatic N) is 3. The van der Waals surface area contributed by atoms with Gasteiger partial charge < -0.3 is 15.2 Å². The van der Waals surface area contributed by atoms with Crippen molar-refractivity contribution in [3.63, 3.8) is 0 Å². The topological polar surface area (TPSA) is 88.8 Å². The lowest BCUT2D eigenvalue weighted by atomic mass is 9.91.